The van der Waals surface area contributed by atoms with E-state index in [2.05, 4.69) is 0 Å². The molecule has 1 amide bonds. The van der Waals surface area contributed by atoms with Crippen molar-refractivity contribution in [2.24, 2.45) is 5.92 Å². The predicted molar refractivity (Wildman–Crippen MR) is 43.8 cm³/mol. The monoisotopic (exact) mass is 187 g/mol. The summed E-state index contributed by atoms with van der Waals surface area (Å²) < 4.78 is 0. The van der Waals surface area contributed by atoms with Gasteiger partial charge >= 0.3 is 5.97 Å². The van der Waals surface area contributed by atoms with E-state index in [1.807, 2.05) is 0 Å². The maximum atomic E-state index is 11.2. The third-order valence-corrected chi connectivity index (χ3v) is 2.23. The Morgan fingerprint density at radius 1 is 1.77 bits per heavy atom. The summed E-state index contributed by atoms with van der Waals surface area (Å²) in [5.41, 5.74) is 0. The summed E-state index contributed by atoms with van der Waals surface area (Å²) >= 11 is 0. The van der Waals surface area contributed by atoms with Crippen molar-refractivity contribution in [2.45, 2.75) is 26.0 Å². The standard InChI is InChI=1S/C8H13NO4/c1-2-6(10)9-4-5(8(12)13)3-7(9)11/h5-6,10H,2-4H2,1H3,(H,12,13). The molecule has 0 bridgehead atoms. The van der Waals surface area contributed by atoms with Crippen LogP contribution < -0.4 is 0 Å². The fourth-order valence-electron chi connectivity index (χ4n) is 1.41. The third kappa shape index (κ3) is 1.98. The van der Waals surface area contributed by atoms with Gasteiger partial charge in [0.15, 0.2) is 0 Å². The molecule has 2 unspecified atom stereocenters. The normalized spacial score (nSPS) is 24.9. The lowest BCUT2D eigenvalue weighted by Gasteiger charge is -2.21. The first-order chi connectivity index (χ1) is 6.06. The van der Waals surface area contributed by atoms with Crippen LogP contribution in [-0.2, 0) is 9.59 Å². The molecule has 2 atom stereocenters. The van der Waals surface area contributed by atoms with Gasteiger partial charge in [0, 0.05) is 13.0 Å². The summed E-state index contributed by atoms with van der Waals surface area (Å²) in [6.07, 6.45) is -0.401. The first kappa shape index (κ1) is 9.98. The highest BCUT2D eigenvalue weighted by molar-refractivity contribution is 5.86. The average Bonchev–Trinajstić information content (AvgIpc) is 2.46. The minimum absolute atomic E-state index is 0.00634. The van der Waals surface area contributed by atoms with Gasteiger partial charge in [0.25, 0.3) is 0 Å². The third-order valence-electron chi connectivity index (χ3n) is 2.23. The Morgan fingerprint density at radius 2 is 2.38 bits per heavy atom. The molecule has 0 spiro atoms. The Morgan fingerprint density at radius 3 is 2.77 bits per heavy atom. The lowest BCUT2D eigenvalue weighted by atomic mass is 10.1. The largest absolute Gasteiger partial charge is 0.481 e. The summed E-state index contributed by atoms with van der Waals surface area (Å²) in [5.74, 6) is -1.91. The molecule has 0 saturated carbocycles. The van der Waals surface area contributed by atoms with E-state index in [1.165, 1.54) is 4.90 Å². The molecule has 2 N–H and O–H groups in total. The van der Waals surface area contributed by atoms with Crippen LogP contribution in [-0.4, -0.2) is 39.8 Å². The first-order valence-corrected chi connectivity index (χ1v) is 4.26. The average molecular weight is 187 g/mol. The summed E-state index contributed by atoms with van der Waals surface area (Å²) in [6, 6.07) is 0. The van der Waals surface area contributed by atoms with Gasteiger partial charge in [0.05, 0.1) is 5.92 Å². The molecule has 0 aromatic heterocycles. The molecule has 1 rings (SSSR count). The number of nitrogens with zero attached hydrogens (tertiary/aromatic N) is 1. The summed E-state index contributed by atoms with van der Waals surface area (Å²) in [6.45, 7) is 1.87. The van der Waals surface area contributed by atoms with Crippen molar-refractivity contribution in [1.29, 1.82) is 0 Å². The predicted octanol–water partition coefficient (Wildman–Crippen LogP) is -0.352. The SMILES string of the molecule is CCC(O)N1CC(C(=O)O)CC1=O. The van der Waals surface area contributed by atoms with Gasteiger partial charge in [-0.25, -0.2) is 0 Å². The van der Waals surface area contributed by atoms with Gasteiger partial charge in [-0.3, -0.25) is 9.59 Å². The molecule has 74 valence electrons. The zero-order chi connectivity index (χ0) is 10.0. The molecule has 5 nitrogen and oxygen atoms in total. The molecule has 0 aromatic carbocycles. The van der Waals surface area contributed by atoms with Crippen molar-refractivity contribution >= 4 is 11.9 Å². The van der Waals surface area contributed by atoms with Gasteiger partial charge in [0.1, 0.15) is 6.23 Å². The van der Waals surface area contributed by atoms with Crippen molar-refractivity contribution in [3.63, 3.8) is 0 Å². The quantitative estimate of drug-likeness (QED) is 0.633. The minimum Gasteiger partial charge on any atom is -0.481 e. The van der Waals surface area contributed by atoms with E-state index in [0.29, 0.717) is 6.42 Å². The zero-order valence-electron chi connectivity index (χ0n) is 7.43. The van der Waals surface area contributed by atoms with Crippen LogP contribution in [0.4, 0.5) is 0 Å². The molecule has 1 saturated heterocycles. The van der Waals surface area contributed by atoms with Crippen LogP contribution >= 0.6 is 0 Å². The van der Waals surface area contributed by atoms with Crippen molar-refractivity contribution < 1.29 is 19.8 Å². The highest BCUT2D eigenvalue weighted by atomic mass is 16.4. The summed E-state index contributed by atoms with van der Waals surface area (Å²) in [4.78, 5) is 23.0. The number of carbonyl (C=O) groups excluding carboxylic acids is 1. The molecular formula is C8H13NO4. The van der Waals surface area contributed by atoms with Gasteiger partial charge < -0.3 is 15.1 Å². The number of aliphatic hydroxyl groups is 1. The van der Waals surface area contributed by atoms with Crippen molar-refractivity contribution in [3.05, 3.63) is 0 Å². The molecule has 1 heterocycles. The number of hydrogen-bond donors (Lipinski definition) is 2. The minimum atomic E-state index is -0.973. The van der Waals surface area contributed by atoms with Crippen LogP contribution in [0.15, 0.2) is 0 Å². The Balaban J connectivity index is 2.61. The molecule has 1 fully saturated rings. The van der Waals surface area contributed by atoms with E-state index in [9.17, 15) is 14.7 Å². The van der Waals surface area contributed by atoms with Crippen LogP contribution in [0.2, 0.25) is 0 Å². The van der Waals surface area contributed by atoms with Crippen molar-refractivity contribution in [1.82, 2.24) is 4.90 Å². The smallest absolute Gasteiger partial charge is 0.308 e. The fourth-order valence-corrected chi connectivity index (χ4v) is 1.41. The summed E-state index contributed by atoms with van der Waals surface area (Å²) in [5, 5.41) is 18.0. The second-order valence-electron chi connectivity index (χ2n) is 3.17. The summed E-state index contributed by atoms with van der Waals surface area (Å²) in [7, 11) is 0. The zero-order valence-corrected chi connectivity index (χ0v) is 7.43. The van der Waals surface area contributed by atoms with Crippen molar-refractivity contribution in [3.8, 4) is 0 Å². The van der Waals surface area contributed by atoms with Crippen LogP contribution in [0, 0.1) is 5.92 Å². The fraction of sp³-hybridized carbons (Fsp3) is 0.750. The number of carbonyl (C=O) groups is 2. The van der Waals surface area contributed by atoms with Gasteiger partial charge in [-0.15, -0.1) is 0 Å². The van der Waals surface area contributed by atoms with Crippen LogP contribution in [0.25, 0.3) is 0 Å². The number of rotatable bonds is 3. The number of aliphatic carboxylic acids is 1. The molecule has 0 aliphatic carbocycles. The van der Waals surface area contributed by atoms with E-state index in [-0.39, 0.29) is 18.9 Å². The lowest BCUT2D eigenvalue weighted by molar-refractivity contribution is -0.141. The van der Waals surface area contributed by atoms with E-state index in [4.69, 9.17) is 5.11 Å². The molecule has 0 aromatic rings. The second kappa shape index (κ2) is 3.74. The number of carboxylic acids is 1. The molecule has 5 heteroatoms. The van der Waals surface area contributed by atoms with Gasteiger partial charge in [-0.2, -0.15) is 0 Å². The maximum Gasteiger partial charge on any atom is 0.308 e. The van der Waals surface area contributed by atoms with E-state index in [1.54, 1.807) is 6.92 Å². The molecule has 1 aliphatic rings. The number of likely N-dealkylation sites (tertiary alicyclic amines) is 1. The van der Waals surface area contributed by atoms with Gasteiger partial charge in [-0.1, -0.05) is 6.92 Å². The Hall–Kier alpha value is -1.10. The van der Waals surface area contributed by atoms with E-state index >= 15 is 0 Å². The van der Waals surface area contributed by atoms with Gasteiger partial charge in [-0.05, 0) is 6.42 Å². The Kier molecular flexibility index (Phi) is 2.87. The van der Waals surface area contributed by atoms with Crippen molar-refractivity contribution in [2.75, 3.05) is 6.54 Å². The number of aliphatic hydroxyl groups excluding tert-OH is 1. The molecule has 0 radical (unpaired) electrons. The number of carboxylic acid groups (broad SMARTS) is 1. The second-order valence-corrected chi connectivity index (χ2v) is 3.17. The first-order valence-electron chi connectivity index (χ1n) is 4.26. The highest BCUT2D eigenvalue weighted by Gasteiger charge is 2.36. The molecule has 13 heavy (non-hydrogen) atoms. The van der Waals surface area contributed by atoms with E-state index < -0.39 is 18.1 Å². The van der Waals surface area contributed by atoms with Crippen LogP contribution in [0.1, 0.15) is 19.8 Å². The Labute approximate surface area is 76.0 Å². The Bertz CT molecular complexity index is 228. The lowest BCUT2D eigenvalue weighted by Crippen LogP contribution is -2.36. The number of hydrogen-bond acceptors (Lipinski definition) is 3. The van der Waals surface area contributed by atoms with Crippen LogP contribution in [0.5, 0.6) is 0 Å². The topological polar surface area (TPSA) is 77.8 Å². The number of amides is 1. The van der Waals surface area contributed by atoms with Gasteiger partial charge in [0.2, 0.25) is 5.91 Å². The van der Waals surface area contributed by atoms with Crippen LogP contribution in [0.3, 0.4) is 0 Å². The maximum absolute atomic E-state index is 11.2. The highest BCUT2D eigenvalue weighted by Crippen LogP contribution is 2.20. The molecular weight excluding hydrogens is 174 g/mol. The van der Waals surface area contributed by atoms with E-state index in [0.717, 1.165) is 0 Å². The molecule has 1 aliphatic heterocycles.